The Labute approximate surface area is 240 Å². The number of aryl methyl sites for hydroxylation is 1. The summed E-state index contributed by atoms with van der Waals surface area (Å²) in [6.45, 7) is 9.07. The van der Waals surface area contributed by atoms with E-state index in [-0.39, 0.29) is 10.3 Å². The summed E-state index contributed by atoms with van der Waals surface area (Å²) in [5.41, 5.74) is 2.79. The maximum absolute atomic E-state index is 12.5. The van der Waals surface area contributed by atoms with Gasteiger partial charge in [0.2, 0.25) is 0 Å². The van der Waals surface area contributed by atoms with Crippen molar-refractivity contribution in [3.63, 3.8) is 0 Å². The summed E-state index contributed by atoms with van der Waals surface area (Å²) in [7, 11) is -1.82. The lowest BCUT2D eigenvalue weighted by Crippen LogP contribution is -2.28. The molecule has 5 heteroatoms. The predicted molar refractivity (Wildman–Crippen MR) is 169 cm³/mol. The van der Waals surface area contributed by atoms with Crippen molar-refractivity contribution in [1.29, 1.82) is 0 Å². The van der Waals surface area contributed by atoms with Gasteiger partial charge in [-0.15, -0.1) is 0 Å². The molecule has 0 saturated carbocycles. The standard InChI is InChI=1S/C33H61O3PS/c1-5-9-13-14-15-16-17-18-19-20-21-22-28-33(26-11-7-3,27-12-8-4)32-25-24-31(38(34,35)36-37)29-30(32)23-10-6-2/h24-25,29H,5-23,26-28,37H2,1-4H3. The van der Waals surface area contributed by atoms with E-state index in [2.05, 4.69) is 33.8 Å². The average molecular weight is 569 g/mol. The van der Waals surface area contributed by atoms with E-state index >= 15 is 0 Å². The topological polar surface area (TPSA) is 43.4 Å². The summed E-state index contributed by atoms with van der Waals surface area (Å²) in [5.74, 6) is 0. The van der Waals surface area contributed by atoms with Gasteiger partial charge in [0.05, 0.1) is 4.90 Å². The Balaban J connectivity index is 2.92. The van der Waals surface area contributed by atoms with Gasteiger partial charge >= 0.3 is 0 Å². The van der Waals surface area contributed by atoms with Crippen molar-refractivity contribution >= 4 is 19.6 Å². The predicted octanol–water partition coefficient (Wildman–Crippen LogP) is 11.2. The SMILES string of the molecule is CCCCCCCCCCCCCCC(CCCC)(CCCC)c1ccc(S(=O)(=O)OP)cc1CCCC. The highest BCUT2D eigenvalue weighted by Crippen LogP contribution is 2.43. The molecule has 1 aromatic carbocycles. The van der Waals surface area contributed by atoms with Crippen LogP contribution in [-0.2, 0) is 25.9 Å². The Morgan fingerprint density at radius 3 is 1.55 bits per heavy atom. The van der Waals surface area contributed by atoms with E-state index in [1.54, 1.807) is 6.07 Å². The molecule has 1 unspecified atom stereocenters. The number of rotatable bonds is 25. The third kappa shape index (κ3) is 13.3. The molecule has 222 valence electrons. The summed E-state index contributed by atoms with van der Waals surface area (Å²) in [5, 5.41) is 0. The number of hydrogen-bond donors (Lipinski definition) is 0. The van der Waals surface area contributed by atoms with Gasteiger partial charge in [-0.2, -0.15) is 8.42 Å². The van der Waals surface area contributed by atoms with Crippen LogP contribution in [0.5, 0.6) is 0 Å². The highest BCUT2D eigenvalue weighted by atomic mass is 32.2. The first-order valence-corrected chi connectivity index (χ1v) is 18.1. The summed E-state index contributed by atoms with van der Waals surface area (Å²) >= 11 is 0. The highest BCUT2D eigenvalue weighted by Gasteiger charge is 2.33. The maximum atomic E-state index is 12.5. The zero-order chi connectivity index (χ0) is 28.1. The molecule has 0 radical (unpaired) electrons. The fraction of sp³-hybridized carbons (Fsp3) is 0.818. The average Bonchev–Trinajstić information content (AvgIpc) is 2.93. The molecule has 0 bridgehead atoms. The van der Waals surface area contributed by atoms with Gasteiger partial charge in [0.1, 0.15) is 0 Å². The van der Waals surface area contributed by atoms with Crippen molar-refractivity contribution in [2.24, 2.45) is 0 Å². The summed E-state index contributed by atoms with van der Waals surface area (Å²) in [6, 6.07) is 5.85. The van der Waals surface area contributed by atoms with Crippen LogP contribution in [0.25, 0.3) is 0 Å². The monoisotopic (exact) mass is 568 g/mol. The Hall–Kier alpha value is -0.440. The van der Waals surface area contributed by atoms with E-state index in [4.69, 9.17) is 3.97 Å². The molecule has 0 N–H and O–H groups in total. The van der Waals surface area contributed by atoms with Crippen molar-refractivity contribution in [3.8, 4) is 0 Å². The molecule has 0 aliphatic heterocycles. The quantitative estimate of drug-likeness (QED) is 0.0870. The fourth-order valence-electron chi connectivity index (χ4n) is 5.99. The van der Waals surface area contributed by atoms with Gasteiger partial charge in [-0.1, -0.05) is 143 Å². The molecule has 0 fully saturated rings. The lowest BCUT2D eigenvalue weighted by atomic mass is 9.67. The third-order valence-corrected chi connectivity index (χ3v) is 10.2. The first-order chi connectivity index (χ1) is 18.4. The van der Waals surface area contributed by atoms with E-state index in [1.165, 1.54) is 133 Å². The second-order valence-electron chi connectivity index (χ2n) is 11.6. The first kappa shape index (κ1) is 35.6. The first-order valence-electron chi connectivity index (χ1n) is 16.2. The van der Waals surface area contributed by atoms with Crippen LogP contribution in [0.4, 0.5) is 0 Å². The minimum Gasteiger partial charge on any atom is -0.251 e. The van der Waals surface area contributed by atoms with Gasteiger partial charge < -0.3 is 0 Å². The molecule has 0 saturated heterocycles. The van der Waals surface area contributed by atoms with Gasteiger partial charge in [-0.05, 0) is 60.8 Å². The van der Waals surface area contributed by atoms with Crippen LogP contribution >= 0.6 is 9.47 Å². The van der Waals surface area contributed by atoms with Gasteiger partial charge in [-0.25, -0.2) is 0 Å². The van der Waals surface area contributed by atoms with Crippen molar-refractivity contribution in [1.82, 2.24) is 0 Å². The zero-order valence-corrected chi connectivity index (χ0v) is 27.5. The zero-order valence-electron chi connectivity index (χ0n) is 25.5. The third-order valence-electron chi connectivity index (χ3n) is 8.39. The smallest absolute Gasteiger partial charge is 0.251 e. The Kier molecular flexibility index (Phi) is 20.0. The largest absolute Gasteiger partial charge is 0.299 e. The second kappa shape index (κ2) is 21.3. The van der Waals surface area contributed by atoms with Crippen LogP contribution in [0.1, 0.15) is 174 Å². The summed E-state index contributed by atoms with van der Waals surface area (Å²) < 4.78 is 29.7. The van der Waals surface area contributed by atoms with Crippen LogP contribution in [0, 0.1) is 0 Å². The molecule has 0 spiro atoms. The molecular weight excluding hydrogens is 507 g/mol. The van der Waals surface area contributed by atoms with E-state index < -0.39 is 10.1 Å². The van der Waals surface area contributed by atoms with Crippen LogP contribution in [0.3, 0.4) is 0 Å². The van der Waals surface area contributed by atoms with Crippen LogP contribution in [0.15, 0.2) is 23.1 Å². The molecule has 1 rings (SSSR count). The minimum absolute atomic E-state index is 0.150. The van der Waals surface area contributed by atoms with Crippen molar-refractivity contribution in [3.05, 3.63) is 29.3 Å². The molecule has 0 heterocycles. The van der Waals surface area contributed by atoms with Gasteiger partial charge in [-0.3, -0.25) is 3.97 Å². The van der Waals surface area contributed by atoms with Gasteiger partial charge in [0, 0.05) is 9.47 Å². The van der Waals surface area contributed by atoms with E-state index in [0.717, 1.165) is 19.3 Å². The van der Waals surface area contributed by atoms with Gasteiger partial charge in [0.25, 0.3) is 10.1 Å². The second-order valence-corrected chi connectivity index (χ2v) is 13.7. The number of benzene rings is 1. The van der Waals surface area contributed by atoms with E-state index in [9.17, 15) is 8.42 Å². The lowest BCUT2D eigenvalue weighted by Gasteiger charge is -2.37. The molecule has 0 aromatic heterocycles. The van der Waals surface area contributed by atoms with Crippen molar-refractivity contribution in [2.45, 2.75) is 179 Å². The van der Waals surface area contributed by atoms with Crippen molar-refractivity contribution in [2.75, 3.05) is 0 Å². The number of hydrogen-bond acceptors (Lipinski definition) is 3. The lowest BCUT2D eigenvalue weighted by molar-refractivity contribution is 0.303. The summed E-state index contributed by atoms with van der Waals surface area (Å²) in [4.78, 5) is 0.285. The molecule has 0 amide bonds. The molecule has 0 aliphatic rings. The van der Waals surface area contributed by atoms with Crippen LogP contribution < -0.4 is 0 Å². The Morgan fingerprint density at radius 2 is 1.08 bits per heavy atom. The molecule has 1 aromatic rings. The van der Waals surface area contributed by atoms with Gasteiger partial charge in [0.15, 0.2) is 0 Å². The molecule has 1 atom stereocenters. The number of unbranched alkanes of at least 4 members (excludes halogenated alkanes) is 14. The van der Waals surface area contributed by atoms with E-state index in [1.807, 2.05) is 15.5 Å². The molecular formula is C33H61O3PS. The molecule has 3 nitrogen and oxygen atoms in total. The van der Waals surface area contributed by atoms with E-state index in [0.29, 0.717) is 0 Å². The molecule has 0 aliphatic carbocycles. The Bertz CT molecular complexity index is 814. The molecule has 38 heavy (non-hydrogen) atoms. The summed E-state index contributed by atoms with van der Waals surface area (Å²) in [6.07, 6.45) is 28.1. The fourth-order valence-corrected chi connectivity index (χ4v) is 6.95. The normalized spacial score (nSPS) is 12.3. The maximum Gasteiger partial charge on any atom is 0.299 e. The van der Waals surface area contributed by atoms with Crippen LogP contribution in [-0.4, -0.2) is 8.42 Å². The Morgan fingerprint density at radius 1 is 0.632 bits per heavy atom. The van der Waals surface area contributed by atoms with Crippen molar-refractivity contribution < 1.29 is 12.4 Å². The van der Waals surface area contributed by atoms with Crippen LogP contribution in [0.2, 0.25) is 0 Å². The minimum atomic E-state index is -3.72. The highest BCUT2D eigenvalue weighted by molar-refractivity contribution is 7.88.